The monoisotopic (exact) mass is 1300 g/mol. The number of carbonyl (C=O) groups is 1. The smallest absolute Gasteiger partial charge is 0.220 e. The van der Waals surface area contributed by atoms with Crippen LogP contribution >= 0.6 is 0 Å². The van der Waals surface area contributed by atoms with Crippen molar-refractivity contribution in [3.63, 3.8) is 0 Å². The van der Waals surface area contributed by atoms with Gasteiger partial charge in [0.15, 0.2) is 12.6 Å². The first-order valence-electron chi connectivity index (χ1n) is 37.8. The highest BCUT2D eigenvalue weighted by Crippen LogP contribution is 2.30. The van der Waals surface area contributed by atoms with Crippen LogP contribution in [0.5, 0.6) is 0 Å². The van der Waals surface area contributed by atoms with Crippen molar-refractivity contribution in [2.45, 2.75) is 383 Å². The second kappa shape index (κ2) is 61.7. The van der Waals surface area contributed by atoms with E-state index in [1.807, 2.05) is 0 Å². The molecule has 534 valence electrons. The Bertz CT molecular complexity index is 1870. The van der Waals surface area contributed by atoms with Crippen LogP contribution in [-0.4, -0.2) is 140 Å². The van der Waals surface area contributed by atoms with Gasteiger partial charge in [-0.2, -0.15) is 0 Å². The minimum absolute atomic E-state index is 0.207. The van der Waals surface area contributed by atoms with Crippen molar-refractivity contribution in [1.82, 2.24) is 5.32 Å². The maximum Gasteiger partial charge on any atom is 0.220 e. The van der Waals surface area contributed by atoms with E-state index < -0.39 is 86.8 Å². The Balaban J connectivity index is 1.63. The third kappa shape index (κ3) is 44.8. The van der Waals surface area contributed by atoms with E-state index in [9.17, 15) is 45.6 Å². The van der Waals surface area contributed by atoms with Crippen LogP contribution in [0.25, 0.3) is 0 Å². The number of hydrogen-bond acceptors (Lipinski definition) is 13. The van der Waals surface area contributed by atoms with E-state index in [2.05, 4.69) is 104 Å². The Morgan fingerprint density at radius 3 is 1.15 bits per heavy atom. The molecule has 92 heavy (non-hydrogen) atoms. The first-order valence-corrected chi connectivity index (χ1v) is 37.8. The van der Waals surface area contributed by atoms with Gasteiger partial charge in [-0.15, -0.1) is 0 Å². The van der Waals surface area contributed by atoms with E-state index in [-0.39, 0.29) is 12.5 Å². The summed E-state index contributed by atoms with van der Waals surface area (Å²) in [5, 5.41) is 87.8. The van der Waals surface area contributed by atoms with Gasteiger partial charge in [0.2, 0.25) is 5.91 Å². The molecule has 2 fully saturated rings. The van der Waals surface area contributed by atoms with E-state index in [0.29, 0.717) is 12.8 Å². The maximum atomic E-state index is 13.4. The van der Waals surface area contributed by atoms with Gasteiger partial charge in [-0.25, -0.2) is 0 Å². The normalized spacial score (nSPS) is 23.2. The molecule has 2 aliphatic heterocycles. The lowest BCUT2D eigenvalue weighted by atomic mass is 9.97. The molecule has 2 saturated heterocycles. The first kappa shape index (κ1) is 85.3. The highest BCUT2D eigenvalue weighted by molar-refractivity contribution is 5.76. The average Bonchev–Trinajstić information content (AvgIpc) is 0.830. The highest BCUT2D eigenvalue weighted by atomic mass is 16.7. The summed E-state index contributed by atoms with van der Waals surface area (Å²) in [5.74, 6) is -0.207. The molecule has 2 heterocycles. The standard InChI is InChI=1S/C78H139NO13/c1-3-5-7-9-11-13-15-17-19-21-23-25-27-28-29-30-31-32-33-34-35-36-37-38-40-42-44-46-48-50-52-54-56-58-60-62-70(83)79-66(65-89-77-75(88)73(86)76(69(64-81)91-77)92-78-74(87)72(85)71(84)68(63-80)90-78)67(82)61-59-57-55-53-51-49-47-45-43-41-39-26-24-22-20-18-16-14-12-10-8-6-4-2/h5,7,11,13,17,19,23,25,28-29,31-32,34-35,66-69,71-78,80-82,84-88H,3-4,6,8-10,12,14-16,18,20-22,24,26-27,30,33,36-65H2,1-2H3,(H,79,83)/b7-5-,13-11-,19-17-,25-23-,29-28-,32-31-,35-34-. The zero-order valence-electron chi connectivity index (χ0n) is 58.3. The van der Waals surface area contributed by atoms with Crippen LogP contribution in [-0.2, 0) is 23.7 Å². The highest BCUT2D eigenvalue weighted by Gasteiger charge is 2.51. The molecule has 12 atom stereocenters. The quantitative estimate of drug-likeness (QED) is 0.0204. The molecule has 0 spiro atoms. The lowest BCUT2D eigenvalue weighted by Crippen LogP contribution is -2.65. The molecule has 0 radical (unpaired) electrons. The summed E-state index contributed by atoms with van der Waals surface area (Å²) in [6, 6.07) is -0.835. The van der Waals surface area contributed by atoms with Gasteiger partial charge in [-0.05, 0) is 70.6 Å². The number of carbonyl (C=O) groups excluding carboxylic acids is 1. The predicted molar refractivity (Wildman–Crippen MR) is 378 cm³/mol. The summed E-state index contributed by atoms with van der Waals surface area (Å²) in [7, 11) is 0. The van der Waals surface area contributed by atoms with Crippen LogP contribution < -0.4 is 5.32 Å². The SMILES string of the molecule is CC/C=C\C/C=C\C/C=C\C/C=C\C/C=C\C/C=C\C/C=C\CCCCCCCCCCCCCCCC(=O)NC(COC1OC(CO)C(OC2OC(CO)C(O)C(O)C2O)C(O)C1O)C(O)CCCCCCCCCCCCCCCCCCCCCCCCC. The molecule has 0 aromatic heterocycles. The summed E-state index contributed by atoms with van der Waals surface area (Å²) in [5.41, 5.74) is 0. The average molecular weight is 1300 g/mol. The summed E-state index contributed by atoms with van der Waals surface area (Å²) in [6.45, 7) is 2.78. The second-order valence-electron chi connectivity index (χ2n) is 26.4. The van der Waals surface area contributed by atoms with Gasteiger partial charge in [0.25, 0.3) is 0 Å². The van der Waals surface area contributed by atoms with Gasteiger partial charge in [-0.3, -0.25) is 4.79 Å². The molecule has 0 saturated carbocycles. The van der Waals surface area contributed by atoms with Crippen LogP contribution in [0.15, 0.2) is 85.1 Å². The lowest BCUT2D eigenvalue weighted by molar-refractivity contribution is -0.359. The summed E-state index contributed by atoms with van der Waals surface area (Å²) in [6.07, 6.45) is 68.8. The molecule has 14 nitrogen and oxygen atoms in total. The summed E-state index contributed by atoms with van der Waals surface area (Å²) >= 11 is 0. The van der Waals surface area contributed by atoms with Crippen molar-refractivity contribution in [3.8, 4) is 0 Å². The number of rotatable bonds is 62. The Hall–Kier alpha value is -2.83. The van der Waals surface area contributed by atoms with Crippen molar-refractivity contribution in [3.05, 3.63) is 85.1 Å². The number of ether oxygens (including phenoxy) is 4. The Kier molecular flexibility index (Phi) is 57.2. The number of aliphatic hydroxyl groups is 8. The van der Waals surface area contributed by atoms with Gasteiger partial charge >= 0.3 is 0 Å². The zero-order chi connectivity index (χ0) is 66.6. The van der Waals surface area contributed by atoms with E-state index >= 15 is 0 Å². The fourth-order valence-electron chi connectivity index (χ4n) is 12.2. The van der Waals surface area contributed by atoms with Gasteiger partial charge in [0.1, 0.15) is 48.8 Å². The third-order valence-corrected chi connectivity index (χ3v) is 18.1. The maximum absolute atomic E-state index is 13.4. The zero-order valence-corrected chi connectivity index (χ0v) is 58.3. The first-order chi connectivity index (χ1) is 45.1. The molecule has 14 heteroatoms. The van der Waals surface area contributed by atoms with Crippen LogP contribution in [0.4, 0.5) is 0 Å². The molecule has 0 bridgehead atoms. The summed E-state index contributed by atoms with van der Waals surface area (Å²) in [4.78, 5) is 13.4. The van der Waals surface area contributed by atoms with Gasteiger partial charge in [-0.1, -0.05) is 317 Å². The van der Waals surface area contributed by atoms with E-state index in [0.717, 1.165) is 103 Å². The van der Waals surface area contributed by atoms with Crippen molar-refractivity contribution < 1.29 is 64.6 Å². The lowest BCUT2D eigenvalue weighted by Gasteiger charge is -2.46. The molecule has 9 N–H and O–H groups in total. The largest absolute Gasteiger partial charge is 0.394 e. The molecule has 0 aromatic rings. The van der Waals surface area contributed by atoms with Gasteiger partial charge in [0, 0.05) is 6.42 Å². The number of nitrogens with one attached hydrogen (secondary N) is 1. The number of hydrogen-bond donors (Lipinski definition) is 9. The molecule has 0 aliphatic carbocycles. The molecule has 2 aliphatic rings. The minimum Gasteiger partial charge on any atom is -0.394 e. The fraction of sp³-hybridized carbons (Fsp3) is 0.808. The van der Waals surface area contributed by atoms with Crippen molar-refractivity contribution >= 4 is 5.91 Å². The van der Waals surface area contributed by atoms with E-state index in [1.165, 1.54) is 180 Å². The van der Waals surface area contributed by atoms with Crippen LogP contribution in [0, 0.1) is 0 Å². The number of allylic oxidation sites excluding steroid dienone is 14. The fourth-order valence-corrected chi connectivity index (χ4v) is 12.2. The molecule has 1 amide bonds. The second-order valence-corrected chi connectivity index (χ2v) is 26.4. The molecule has 2 rings (SSSR count). The van der Waals surface area contributed by atoms with Gasteiger partial charge in [0.05, 0.1) is 32.0 Å². The molecular formula is C78H139NO13. The number of unbranched alkanes of at least 4 members (excludes halogenated alkanes) is 35. The van der Waals surface area contributed by atoms with Crippen LogP contribution in [0.3, 0.4) is 0 Å². The molecular weight excluding hydrogens is 1160 g/mol. The Labute approximate surface area is 561 Å². The van der Waals surface area contributed by atoms with Crippen molar-refractivity contribution in [2.75, 3.05) is 19.8 Å². The van der Waals surface area contributed by atoms with E-state index in [4.69, 9.17) is 18.9 Å². The molecule has 0 aromatic carbocycles. The molecule has 12 unspecified atom stereocenters. The van der Waals surface area contributed by atoms with Crippen LogP contribution in [0.2, 0.25) is 0 Å². The van der Waals surface area contributed by atoms with Crippen molar-refractivity contribution in [2.24, 2.45) is 0 Å². The third-order valence-electron chi connectivity index (χ3n) is 18.1. The van der Waals surface area contributed by atoms with Gasteiger partial charge < -0.3 is 65.1 Å². The Morgan fingerprint density at radius 2 is 0.750 bits per heavy atom. The van der Waals surface area contributed by atoms with E-state index in [1.54, 1.807) is 0 Å². The minimum atomic E-state index is -1.79. The van der Waals surface area contributed by atoms with Crippen molar-refractivity contribution in [1.29, 1.82) is 0 Å². The Morgan fingerprint density at radius 1 is 0.402 bits per heavy atom. The summed E-state index contributed by atoms with van der Waals surface area (Å²) < 4.78 is 23.0. The number of aliphatic hydroxyl groups excluding tert-OH is 8. The predicted octanol–water partition coefficient (Wildman–Crippen LogP) is 16.4. The topological polar surface area (TPSA) is 228 Å². The number of amides is 1. The van der Waals surface area contributed by atoms with Crippen LogP contribution in [0.1, 0.15) is 309 Å².